The lowest BCUT2D eigenvalue weighted by Crippen LogP contribution is -2.39. The Kier molecular flexibility index (Phi) is 7.36. The van der Waals surface area contributed by atoms with E-state index in [0.717, 1.165) is 54.1 Å². The van der Waals surface area contributed by atoms with Crippen LogP contribution < -0.4 is 9.64 Å². The smallest absolute Gasteiger partial charge is 0.257 e. The molecule has 0 saturated carbocycles. The molecule has 0 spiro atoms. The van der Waals surface area contributed by atoms with E-state index in [1.54, 1.807) is 13.2 Å². The Balaban J connectivity index is 1.44. The van der Waals surface area contributed by atoms with Gasteiger partial charge in [0.05, 0.1) is 37.7 Å². The zero-order chi connectivity index (χ0) is 24.9. The van der Waals surface area contributed by atoms with Gasteiger partial charge in [0.1, 0.15) is 17.8 Å². The second kappa shape index (κ2) is 11.0. The fourth-order valence-corrected chi connectivity index (χ4v) is 4.89. The van der Waals surface area contributed by atoms with Gasteiger partial charge < -0.3 is 28.6 Å². The number of ether oxygens (including phenoxy) is 2. The summed E-state index contributed by atoms with van der Waals surface area (Å²) in [7, 11) is 1.65. The van der Waals surface area contributed by atoms with E-state index in [9.17, 15) is 9.59 Å². The van der Waals surface area contributed by atoms with E-state index >= 15 is 0 Å². The van der Waals surface area contributed by atoms with Gasteiger partial charge in [-0.05, 0) is 37.1 Å². The number of fused-ring (bicyclic) bond motifs is 1. The van der Waals surface area contributed by atoms with Crippen molar-refractivity contribution in [2.75, 3.05) is 57.9 Å². The summed E-state index contributed by atoms with van der Waals surface area (Å²) in [4.78, 5) is 36.5. The molecule has 2 amide bonds. The Morgan fingerprint density at radius 3 is 2.75 bits per heavy atom. The van der Waals surface area contributed by atoms with Crippen LogP contribution >= 0.6 is 0 Å². The average molecular weight is 493 g/mol. The third-order valence-corrected chi connectivity index (χ3v) is 6.84. The third kappa shape index (κ3) is 5.31. The van der Waals surface area contributed by atoms with E-state index in [-0.39, 0.29) is 11.8 Å². The third-order valence-electron chi connectivity index (χ3n) is 6.84. The number of nitrogens with zero attached hydrogens (tertiary/aromatic N) is 4. The second-order valence-electron chi connectivity index (χ2n) is 9.21. The summed E-state index contributed by atoms with van der Waals surface area (Å²) in [6.45, 7) is 5.13. The molecule has 0 unspecified atom stereocenters. The van der Waals surface area contributed by atoms with Crippen molar-refractivity contribution in [2.24, 2.45) is 0 Å². The standard InChI is InChI=1S/C27H32N4O5/c1-34-23-6-5-20-16-22(26(28-24(20)17-23)30-11-14-35-15-12-30)18-31(27(33)21-7-13-36-19-21)10-3-9-29-8-2-4-25(29)32/h5-7,13,16-17,19H,2-4,8-12,14-15,18H2,1H3. The predicted molar refractivity (Wildman–Crippen MR) is 135 cm³/mol. The van der Waals surface area contributed by atoms with Gasteiger partial charge in [-0.1, -0.05) is 0 Å². The van der Waals surface area contributed by atoms with Crippen LogP contribution in [0.1, 0.15) is 35.2 Å². The number of rotatable bonds is 9. The Morgan fingerprint density at radius 1 is 1.17 bits per heavy atom. The minimum absolute atomic E-state index is 0.0979. The quantitative estimate of drug-likeness (QED) is 0.453. The van der Waals surface area contributed by atoms with E-state index in [1.807, 2.05) is 28.0 Å². The van der Waals surface area contributed by atoms with Gasteiger partial charge in [0, 0.05) is 62.7 Å². The molecule has 0 bridgehead atoms. The number of methoxy groups -OCH3 is 1. The first kappa shape index (κ1) is 24.1. The topological polar surface area (TPSA) is 88.4 Å². The summed E-state index contributed by atoms with van der Waals surface area (Å²) in [5.41, 5.74) is 2.34. The van der Waals surface area contributed by atoms with Crippen LogP contribution in [0.5, 0.6) is 5.75 Å². The maximum atomic E-state index is 13.5. The molecule has 2 fully saturated rings. The highest BCUT2D eigenvalue weighted by atomic mass is 16.5. The summed E-state index contributed by atoms with van der Waals surface area (Å²) < 4.78 is 16.2. The Morgan fingerprint density at radius 2 is 2.03 bits per heavy atom. The molecule has 0 N–H and O–H groups in total. The molecule has 2 aromatic heterocycles. The zero-order valence-corrected chi connectivity index (χ0v) is 20.6. The van der Waals surface area contributed by atoms with Crippen molar-refractivity contribution in [1.82, 2.24) is 14.8 Å². The molecule has 2 aliphatic heterocycles. The molecule has 9 heteroatoms. The highest BCUT2D eigenvalue weighted by molar-refractivity contribution is 5.94. The van der Waals surface area contributed by atoms with Crippen LogP contribution in [-0.4, -0.2) is 79.6 Å². The van der Waals surface area contributed by atoms with E-state index < -0.39 is 0 Å². The summed E-state index contributed by atoms with van der Waals surface area (Å²) >= 11 is 0. The van der Waals surface area contributed by atoms with E-state index in [1.165, 1.54) is 12.5 Å². The first-order chi connectivity index (χ1) is 17.6. The molecular weight excluding hydrogens is 460 g/mol. The van der Waals surface area contributed by atoms with Crippen LogP contribution in [0, 0.1) is 0 Å². The number of likely N-dealkylation sites (tertiary alicyclic amines) is 1. The Labute approximate surface area is 210 Å². The summed E-state index contributed by atoms with van der Waals surface area (Å²) in [5.74, 6) is 1.72. The van der Waals surface area contributed by atoms with Gasteiger partial charge in [-0.15, -0.1) is 0 Å². The number of aromatic nitrogens is 1. The zero-order valence-electron chi connectivity index (χ0n) is 20.6. The number of pyridine rings is 1. The van der Waals surface area contributed by atoms with Gasteiger partial charge in [0.15, 0.2) is 0 Å². The minimum Gasteiger partial charge on any atom is -0.497 e. The van der Waals surface area contributed by atoms with Gasteiger partial charge in [0.25, 0.3) is 5.91 Å². The summed E-state index contributed by atoms with van der Waals surface area (Å²) in [6, 6.07) is 9.66. The van der Waals surface area contributed by atoms with Crippen molar-refractivity contribution in [3.63, 3.8) is 0 Å². The number of hydrogen-bond acceptors (Lipinski definition) is 7. The summed E-state index contributed by atoms with van der Waals surface area (Å²) in [5, 5.41) is 0.987. The lowest BCUT2D eigenvalue weighted by molar-refractivity contribution is -0.127. The van der Waals surface area contributed by atoms with Crippen LogP contribution in [0.25, 0.3) is 10.9 Å². The van der Waals surface area contributed by atoms with Crippen LogP contribution in [-0.2, 0) is 16.1 Å². The molecule has 2 saturated heterocycles. The number of hydrogen-bond donors (Lipinski definition) is 0. The Hall–Kier alpha value is -3.59. The van der Waals surface area contributed by atoms with Crippen molar-refractivity contribution in [3.8, 4) is 5.75 Å². The molecule has 3 aromatic rings. The second-order valence-corrected chi connectivity index (χ2v) is 9.21. The molecule has 36 heavy (non-hydrogen) atoms. The molecule has 9 nitrogen and oxygen atoms in total. The van der Waals surface area contributed by atoms with Crippen molar-refractivity contribution >= 4 is 28.5 Å². The average Bonchev–Trinajstić information content (AvgIpc) is 3.60. The molecule has 190 valence electrons. The highest BCUT2D eigenvalue weighted by Gasteiger charge is 2.24. The summed E-state index contributed by atoms with van der Waals surface area (Å²) in [6.07, 6.45) is 5.23. The van der Waals surface area contributed by atoms with E-state index in [4.69, 9.17) is 18.9 Å². The van der Waals surface area contributed by atoms with E-state index in [2.05, 4.69) is 11.0 Å². The molecular formula is C27H32N4O5. The van der Waals surface area contributed by atoms with Crippen molar-refractivity contribution in [3.05, 3.63) is 54.0 Å². The largest absolute Gasteiger partial charge is 0.497 e. The minimum atomic E-state index is -0.0979. The number of carbonyl (C=O) groups is 2. The molecule has 0 aliphatic carbocycles. The number of amides is 2. The van der Waals surface area contributed by atoms with Gasteiger partial charge in [-0.25, -0.2) is 4.98 Å². The van der Waals surface area contributed by atoms with Crippen LogP contribution in [0.4, 0.5) is 5.82 Å². The number of benzene rings is 1. The van der Waals surface area contributed by atoms with Gasteiger partial charge in [0.2, 0.25) is 5.91 Å². The van der Waals surface area contributed by atoms with Crippen LogP contribution in [0.2, 0.25) is 0 Å². The maximum absolute atomic E-state index is 13.5. The number of furan rings is 1. The normalized spacial score (nSPS) is 16.1. The van der Waals surface area contributed by atoms with Crippen molar-refractivity contribution < 1.29 is 23.5 Å². The SMILES string of the molecule is COc1ccc2cc(CN(CCCN3CCCC3=O)C(=O)c3ccoc3)c(N3CCOCC3)nc2c1. The monoisotopic (exact) mass is 492 g/mol. The fourth-order valence-electron chi connectivity index (χ4n) is 4.89. The number of morpholine rings is 1. The lowest BCUT2D eigenvalue weighted by Gasteiger charge is -2.31. The van der Waals surface area contributed by atoms with Crippen molar-refractivity contribution in [2.45, 2.75) is 25.8 Å². The molecule has 0 radical (unpaired) electrons. The van der Waals surface area contributed by atoms with Crippen LogP contribution in [0.15, 0.2) is 47.3 Å². The molecule has 0 atom stereocenters. The predicted octanol–water partition coefficient (Wildman–Crippen LogP) is 3.33. The Bertz CT molecular complexity index is 1210. The van der Waals surface area contributed by atoms with Gasteiger partial charge >= 0.3 is 0 Å². The molecule has 1 aromatic carbocycles. The lowest BCUT2D eigenvalue weighted by atomic mass is 10.1. The first-order valence-corrected chi connectivity index (χ1v) is 12.5. The van der Waals surface area contributed by atoms with E-state index in [0.29, 0.717) is 51.3 Å². The molecule has 4 heterocycles. The van der Waals surface area contributed by atoms with Gasteiger partial charge in [-0.2, -0.15) is 0 Å². The first-order valence-electron chi connectivity index (χ1n) is 12.5. The number of anilines is 1. The molecule has 5 rings (SSSR count). The number of carbonyl (C=O) groups excluding carboxylic acids is 2. The van der Waals surface area contributed by atoms with Gasteiger partial charge in [-0.3, -0.25) is 9.59 Å². The molecule has 2 aliphatic rings. The maximum Gasteiger partial charge on any atom is 0.257 e. The fraction of sp³-hybridized carbons (Fsp3) is 0.444. The van der Waals surface area contributed by atoms with Crippen LogP contribution in [0.3, 0.4) is 0 Å². The highest BCUT2D eigenvalue weighted by Crippen LogP contribution is 2.28. The van der Waals surface area contributed by atoms with Crippen molar-refractivity contribution in [1.29, 1.82) is 0 Å².